The lowest BCUT2D eigenvalue weighted by atomic mass is 9.69. The second kappa shape index (κ2) is 8.44. The minimum atomic E-state index is -1.10. The molecule has 0 bridgehead atoms. The number of likely N-dealkylation sites (tertiary alicyclic amines) is 1. The van der Waals surface area contributed by atoms with Gasteiger partial charge in [-0.2, -0.15) is 5.10 Å². The van der Waals surface area contributed by atoms with E-state index in [0.29, 0.717) is 12.1 Å². The summed E-state index contributed by atoms with van der Waals surface area (Å²) in [6, 6.07) is 7.19. The maximum atomic E-state index is 13.2. The van der Waals surface area contributed by atoms with E-state index < -0.39 is 23.1 Å². The van der Waals surface area contributed by atoms with Gasteiger partial charge >= 0.3 is 6.09 Å². The molecule has 2 aromatic rings. The summed E-state index contributed by atoms with van der Waals surface area (Å²) in [4.78, 5) is 39.0. The van der Waals surface area contributed by atoms with Crippen molar-refractivity contribution in [1.82, 2.24) is 25.3 Å². The molecule has 174 valence electrons. The number of nitrogens with one attached hydrogen (secondary N) is 2. The molecule has 1 saturated heterocycles. The lowest BCUT2D eigenvalue weighted by molar-refractivity contribution is -0.125. The van der Waals surface area contributed by atoms with Gasteiger partial charge < -0.3 is 15.7 Å². The Labute approximate surface area is 188 Å². The van der Waals surface area contributed by atoms with E-state index in [1.807, 2.05) is 63.6 Å². The molecule has 2 atom stereocenters. The summed E-state index contributed by atoms with van der Waals surface area (Å²) in [5, 5.41) is 20.8. The predicted octanol–water partition coefficient (Wildman–Crippen LogP) is 3.02. The Morgan fingerprint density at radius 3 is 2.47 bits per heavy atom. The Bertz CT molecular complexity index is 1040. The Morgan fingerprint density at radius 2 is 1.91 bits per heavy atom. The van der Waals surface area contributed by atoms with Gasteiger partial charge in [0.2, 0.25) is 5.91 Å². The third-order valence-electron chi connectivity index (χ3n) is 6.52. The van der Waals surface area contributed by atoms with Gasteiger partial charge in [0.1, 0.15) is 0 Å². The lowest BCUT2D eigenvalue weighted by Gasteiger charge is -2.46. The molecule has 9 heteroatoms. The number of hydrogen-bond donors (Lipinski definition) is 3. The van der Waals surface area contributed by atoms with Gasteiger partial charge in [-0.3, -0.25) is 19.2 Å². The summed E-state index contributed by atoms with van der Waals surface area (Å²) in [5.41, 5.74) is -0.287. The van der Waals surface area contributed by atoms with Crippen LogP contribution in [0.25, 0.3) is 10.9 Å². The van der Waals surface area contributed by atoms with E-state index in [9.17, 15) is 19.5 Å². The lowest BCUT2D eigenvalue weighted by Crippen LogP contribution is -2.57. The fourth-order valence-corrected chi connectivity index (χ4v) is 4.74. The van der Waals surface area contributed by atoms with Crippen molar-refractivity contribution in [3.8, 4) is 0 Å². The molecular formula is C23H33N5O4. The van der Waals surface area contributed by atoms with Crippen molar-refractivity contribution in [2.24, 2.45) is 5.41 Å². The molecule has 0 saturated carbocycles. The van der Waals surface area contributed by atoms with Crippen LogP contribution >= 0.6 is 0 Å². The molecule has 1 aliphatic heterocycles. The summed E-state index contributed by atoms with van der Waals surface area (Å²) in [6.45, 7) is 9.88. The van der Waals surface area contributed by atoms with E-state index in [2.05, 4.69) is 15.7 Å². The van der Waals surface area contributed by atoms with Gasteiger partial charge in [-0.15, -0.1) is 0 Å². The van der Waals surface area contributed by atoms with E-state index in [-0.39, 0.29) is 30.8 Å². The summed E-state index contributed by atoms with van der Waals surface area (Å²) >= 11 is 0. The number of carbonyl (C=O) groups is 3. The third-order valence-corrected chi connectivity index (χ3v) is 6.52. The second-order valence-electron chi connectivity index (χ2n) is 9.80. The number of hydrogen-bond acceptors (Lipinski definition) is 4. The molecular weight excluding hydrogens is 410 g/mol. The van der Waals surface area contributed by atoms with E-state index in [1.54, 1.807) is 0 Å². The number of carbonyl (C=O) groups excluding carboxylic acids is 2. The molecule has 1 aromatic carbocycles. The minimum Gasteiger partial charge on any atom is -0.465 e. The van der Waals surface area contributed by atoms with Gasteiger partial charge in [-0.25, -0.2) is 4.79 Å². The molecule has 0 radical (unpaired) electrons. The fourth-order valence-electron chi connectivity index (χ4n) is 4.74. The summed E-state index contributed by atoms with van der Waals surface area (Å²) in [6.07, 6.45) is -0.739. The number of nitrogens with zero attached hydrogens (tertiary/aromatic N) is 3. The zero-order valence-electron chi connectivity index (χ0n) is 19.6. The average molecular weight is 444 g/mol. The number of amides is 3. The maximum absolute atomic E-state index is 13.2. The van der Waals surface area contributed by atoms with Crippen LogP contribution in [0.5, 0.6) is 0 Å². The SMILES string of the molecule is CNC(=O)C[C@]1(C(C)(C)C)C[C@H](NC(=O)c2nn(C(C)C)c3ccccc23)CN1C(=O)O. The van der Waals surface area contributed by atoms with Crippen molar-refractivity contribution in [2.45, 2.75) is 65.1 Å². The molecule has 3 amide bonds. The first-order chi connectivity index (χ1) is 14.9. The van der Waals surface area contributed by atoms with Crippen LogP contribution in [0.1, 0.15) is 64.0 Å². The van der Waals surface area contributed by atoms with Crippen molar-refractivity contribution in [1.29, 1.82) is 0 Å². The molecule has 0 aliphatic carbocycles. The first-order valence-electron chi connectivity index (χ1n) is 10.9. The van der Waals surface area contributed by atoms with Crippen LogP contribution in [0.15, 0.2) is 24.3 Å². The van der Waals surface area contributed by atoms with Crippen molar-refractivity contribution in [2.75, 3.05) is 13.6 Å². The molecule has 0 unspecified atom stereocenters. The number of fused-ring (bicyclic) bond motifs is 1. The average Bonchev–Trinajstić information content (AvgIpc) is 3.27. The number of aromatic nitrogens is 2. The van der Waals surface area contributed by atoms with Crippen LogP contribution < -0.4 is 10.6 Å². The monoisotopic (exact) mass is 443 g/mol. The Morgan fingerprint density at radius 1 is 1.25 bits per heavy atom. The highest BCUT2D eigenvalue weighted by molar-refractivity contribution is 6.05. The van der Waals surface area contributed by atoms with Crippen LogP contribution in [0.3, 0.4) is 0 Å². The first kappa shape index (κ1) is 23.6. The first-order valence-corrected chi connectivity index (χ1v) is 10.9. The van der Waals surface area contributed by atoms with E-state index in [4.69, 9.17) is 0 Å². The molecule has 9 nitrogen and oxygen atoms in total. The van der Waals surface area contributed by atoms with Gasteiger partial charge in [0.15, 0.2) is 5.69 Å². The molecule has 3 N–H and O–H groups in total. The summed E-state index contributed by atoms with van der Waals surface area (Å²) in [7, 11) is 1.54. The van der Waals surface area contributed by atoms with Gasteiger partial charge in [0.25, 0.3) is 5.91 Å². The number of carboxylic acid groups (broad SMARTS) is 1. The Hall–Kier alpha value is -3.10. The smallest absolute Gasteiger partial charge is 0.407 e. The molecule has 0 spiro atoms. The maximum Gasteiger partial charge on any atom is 0.407 e. The standard InChI is InChI=1S/C23H33N5O4/c1-14(2)28-17-10-8-7-9-16(17)19(26-28)20(30)25-15-11-23(22(3,4)5,12-18(29)24-6)27(13-15)21(31)32/h7-10,14-15H,11-13H2,1-6H3,(H,24,29)(H,25,30)(H,31,32)/t15-,23-/m0/s1. The van der Waals surface area contributed by atoms with Crippen LogP contribution in [0.4, 0.5) is 4.79 Å². The highest BCUT2D eigenvalue weighted by Gasteiger charge is 2.56. The van der Waals surface area contributed by atoms with Crippen molar-refractivity contribution in [3.63, 3.8) is 0 Å². The third kappa shape index (κ3) is 4.03. The molecule has 2 heterocycles. The topological polar surface area (TPSA) is 117 Å². The normalized spacial score (nSPS) is 21.2. The molecule has 32 heavy (non-hydrogen) atoms. The van der Waals surface area contributed by atoms with Gasteiger partial charge in [0, 0.05) is 31.1 Å². The van der Waals surface area contributed by atoms with Crippen LogP contribution in [-0.2, 0) is 4.79 Å². The van der Waals surface area contributed by atoms with Crippen LogP contribution in [-0.4, -0.2) is 62.9 Å². The highest BCUT2D eigenvalue weighted by Crippen LogP contribution is 2.46. The quantitative estimate of drug-likeness (QED) is 0.657. The van der Waals surface area contributed by atoms with Gasteiger partial charge in [-0.1, -0.05) is 39.0 Å². The number of para-hydroxylation sites is 1. The van der Waals surface area contributed by atoms with E-state index in [0.717, 1.165) is 10.9 Å². The fraction of sp³-hybridized carbons (Fsp3) is 0.565. The Balaban J connectivity index is 1.93. The van der Waals surface area contributed by atoms with Gasteiger partial charge in [-0.05, 0) is 31.7 Å². The summed E-state index contributed by atoms with van der Waals surface area (Å²) in [5.74, 6) is -0.583. The number of benzene rings is 1. The van der Waals surface area contributed by atoms with Crippen molar-refractivity contribution in [3.05, 3.63) is 30.0 Å². The Kier molecular flexibility index (Phi) is 6.22. The van der Waals surface area contributed by atoms with Crippen molar-refractivity contribution < 1.29 is 19.5 Å². The molecule has 1 fully saturated rings. The van der Waals surface area contributed by atoms with E-state index in [1.165, 1.54) is 11.9 Å². The molecule has 1 aliphatic rings. The largest absolute Gasteiger partial charge is 0.465 e. The zero-order valence-corrected chi connectivity index (χ0v) is 19.6. The molecule has 3 rings (SSSR count). The summed E-state index contributed by atoms with van der Waals surface area (Å²) < 4.78 is 1.81. The van der Waals surface area contributed by atoms with Crippen LogP contribution in [0, 0.1) is 5.41 Å². The number of rotatable bonds is 5. The van der Waals surface area contributed by atoms with Crippen LogP contribution in [0.2, 0.25) is 0 Å². The predicted molar refractivity (Wildman–Crippen MR) is 122 cm³/mol. The zero-order chi connectivity index (χ0) is 23.8. The highest BCUT2D eigenvalue weighted by atomic mass is 16.4. The van der Waals surface area contributed by atoms with Crippen molar-refractivity contribution >= 4 is 28.8 Å². The van der Waals surface area contributed by atoms with Gasteiger partial charge in [0.05, 0.1) is 17.5 Å². The molecule has 1 aromatic heterocycles. The van der Waals surface area contributed by atoms with E-state index >= 15 is 0 Å². The second-order valence-corrected chi connectivity index (χ2v) is 9.80. The minimum absolute atomic E-state index is 0.0244.